The Labute approximate surface area is 208 Å². The van der Waals surface area contributed by atoms with E-state index >= 15 is 0 Å². The summed E-state index contributed by atoms with van der Waals surface area (Å²) < 4.78 is 13.8. The van der Waals surface area contributed by atoms with Crippen LogP contribution in [-0.2, 0) is 6.54 Å². The predicted octanol–water partition coefficient (Wildman–Crippen LogP) is 5.95. The van der Waals surface area contributed by atoms with E-state index in [2.05, 4.69) is 25.3 Å². The Balaban J connectivity index is 1.79. The molecular weight excluding hydrogens is 438 g/mol. The molecule has 1 atom stereocenters. The van der Waals surface area contributed by atoms with E-state index in [9.17, 15) is 5.11 Å². The SMILES string of the molecule is C=C[C@@](C)(O)CN(Cc1c(C(C)C)nn(-c2ccc(OC)cc2)c1Oc1ccccc1)CC1CC1. The number of para-hydroxylation sites is 1. The average molecular weight is 476 g/mol. The van der Waals surface area contributed by atoms with E-state index in [-0.39, 0.29) is 5.92 Å². The molecule has 0 unspecified atom stereocenters. The third-order valence-corrected chi connectivity index (χ3v) is 6.37. The number of hydrogen-bond acceptors (Lipinski definition) is 5. The van der Waals surface area contributed by atoms with Crippen LogP contribution in [0.4, 0.5) is 0 Å². The van der Waals surface area contributed by atoms with Gasteiger partial charge < -0.3 is 14.6 Å². The summed E-state index contributed by atoms with van der Waals surface area (Å²) in [5.41, 5.74) is 1.96. The monoisotopic (exact) mass is 475 g/mol. The quantitative estimate of drug-likeness (QED) is 0.328. The standard InChI is InChI=1S/C29H37N3O3/c1-6-29(4,33)20-31(18-22-12-13-22)19-26-27(21(2)3)30-32(23-14-16-24(34-5)17-15-23)28(26)35-25-10-8-7-9-11-25/h6-11,14-17,21-22,33H,1,12-13,18-20H2,2-5H3/t29-/m1/s1. The Morgan fingerprint density at radius 1 is 1.14 bits per heavy atom. The van der Waals surface area contributed by atoms with E-state index < -0.39 is 5.60 Å². The molecule has 0 bridgehead atoms. The summed E-state index contributed by atoms with van der Waals surface area (Å²) in [5, 5.41) is 15.8. The Bertz CT molecular complexity index is 1120. The number of aromatic nitrogens is 2. The second-order valence-corrected chi connectivity index (χ2v) is 10.0. The molecule has 0 radical (unpaired) electrons. The fourth-order valence-corrected chi connectivity index (χ4v) is 4.26. The van der Waals surface area contributed by atoms with Gasteiger partial charge in [-0.3, -0.25) is 4.90 Å². The first-order valence-electron chi connectivity index (χ1n) is 12.4. The summed E-state index contributed by atoms with van der Waals surface area (Å²) in [5.74, 6) is 3.12. The lowest BCUT2D eigenvalue weighted by molar-refractivity contribution is 0.0564. The largest absolute Gasteiger partial charge is 0.497 e. The van der Waals surface area contributed by atoms with Crippen molar-refractivity contribution in [2.75, 3.05) is 20.2 Å². The Morgan fingerprint density at radius 3 is 2.40 bits per heavy atom. The van der Waals surface area contributed by atoms with Crippen molar-refractivity contribution in [2.45, 2.75) is 51.7 Å². The maximum atomic E-state index is 10.8. The highest BCUT2D eigenvalue weighted by Crippen LogP contribution is 2.37. The summed E-state index contributed by atoms with van der Waals surface area (Å²) in [7, 11) is 1.66. The lowest BCUT2D eigenvalue weighted by Gasteiger charge is -2.30. The highest BCUT2D eigenvalue weighted by Gasteiger charge is 2.31. The molecule has 186 valence electrons. The third-order valence-electron chi connectivity index (χ3n) is 6.37. The van der Waals surface area contributed by atoms with Gasteiger partial charge in [-0.1, -0.05) is 38.1 Å². The van der Waals surface area contributed by atoms with Gasteiger partial charge in [-0.2, -0.15) is 5.10 Å². The molecule has 1 saturated carbocycles. The van der Waals surface area contributed by atoms with Crippen molar-refractivity contribution in [3.8, 4) is 23.1 Å². The fraction of sp³-hybridized carbons (Fsp3) is 0.414. The van der Waals surface area contributed by atoms with E-state index in [1.807, 2.05) is 66.2 Å². The molecule has 0 amide bonds. The Kier molecular flexibility index (Phi) is 7.63. The zero-order chi connectivity index (χ0) is 25.0. The van der Waals surface area contributed by atoms with Crippen molar-refractivity contribution in [3.63, 3.8) is 0 Å². The number of ether oxygens (including phenoxy) is 2. The molecule has 3 aromatic rings. The van der Waals surface area contributed by atoms with Gasteiger partial charge in [0.2, 0.25) is 5.88 Å². The Morgan fingerprint density at radius 2 is 1.83 bits per heavy atom. The van der Waals surface area contributed by atoms with Crippen molar-refractivity contribution in [1.29, 1.82) is 0 Å². The van der Waals surface area contributed by atoms with Crippen LogP contribution in [-0.4, -0.2) is 45.6 Å². The Hall–Kier alpha value is -3.09. The summed E-state index contributed by atoms with van der Waals surface area (Å²) >= 11 is 0. The highest BCUT2D eigenvalue weighted by atomic mass is 16.5. The smallest absolute Gasteiger partial charge is 0.227 e. The van der Waals surface area contributed by atoms with Gasteiger partial charge >= 0.3 is 0 Å². The first-order valence-corrected chi connectivity index (χ1v) is 12.4. The van der Waals surface area contributed by atoms with Gasteiger partial charge in [-0.25, -0.2) is 4.68 Å². The maximum Gasteiger partial charge on any atom is 0.227 e. The number of methoxy groups -OCH3 is 1. The first kappa shape index (κ1) is 25.0. The van der Waals surface area contributed by atoms with Gasteiger partial charge in [0.1, 0.15) is 11.5 Å². The van der Waals surface area contributed by atoms with Crippen LogP contribution < -0.4 is 9.47 Å². The number of hydrogen-bond donors (Lipinski definition) is 1. The lowest BCUT2D eigenvalue weighted by Crippen LogP contribution is -2.40. The fourth-order valence-electron chi connectivity index (χ4n) is 4.26. The van der Waals surface area contributed by atoms with Crippen molar-refractivity contribution >= 4 is 0 Å². The summed E-state index contributed by atoms with van der Waals surface area (Å²) in [4.78, 5) is 2.32. The molecule has 6 heteroatoms. The summed E-state index contributed by atoms with van der Waals surface area (Å²) in [6.07, 6.45) is 4.10. The van der Waals surface area contributed by atoms with Crippen LogP contribution >= 0.6 is 0 Å². The molecule has 1 fully saturated rings. The second kappa shape index (κ2) is 10.7. The second-order valence-electron chi connectivity index (χ2n) is 10.0. The first-order chi connectivity index (χ1) is 16.8. The number of nitrogens with zero attached hydrogens (tertiary/aromatic N) is 3. The topological polar surface area (TPSA) is 59.8 Å². The summed E-state index contributed by atoms with van der Waals surface area (Å²) in [6.45, 7) is 12.0. The number of rotatable bonds is 12. The van der Waals surface area contributed by atoms with Crippen LogP contribution in [0, 0.1) is 5.92 Å². The van der Waals surface area contributed by atoms with Crippen LogP contribution in [0.25, 0.3) is 5.69 Å². The third kappa shape index (κ3) is 6.32. The molecule has 6 nitrogen and oxygen atoms in total. The van der Waals surface area contributed by atoms with Crippen molar-refractivity contribution in [3.05, 3.63) is 78.5 Å². The van der Waals surface area contributed by atoms with Gasteiger partial charge in [0.05, 0.1) is 29.7 Å². The van der Waals surface area contributed by atoms with Crippen LogP contribution in [0.1, 0.15) is 50.8 Å². The van der Waals surface area contributed by atoms with E-state index in [4.69, 9.17) is 14.6 Å². The molecule has 0 aliphatic heterocycles. The molecule has 1 aliphatic rings. The van der Waals surface area contributed by atoms with Gasteiger partial charge in [0, 0.05) is 19.6 Å². The molecule has 35 heavy (non-hydrogen) atoms. The minimum atomic E-state index is -0.973. The lowest BCUT2D eigenvalue weighted by atomic mass is 10.0. The number of aliphatic hydroxyl groups is 1. The van der Waals surface area contributed by atoms with E-state index in [0.29, 0.717) is 24.9 Å². The summed E-state index contributed by atoms with van der Waals surface area (Å²) in [6, 6.07) is 17.6. The molecule has 1 aromatic heterocycles. The molecule has 1 aliphatic carbocycles. The van der Waals surface area contributed by atoms with Crippen molar-refractivity contribution in [1.82, 2.24) is 14.7 Å². The van der Waals surface area contributed by atoms with Crippen LogP contribution in [0.2, 0.25) is 0 Å². The van der Waals surface area contributed by atoms with E-state index in [1.54, 1.807) is 13.2 Å². The minimum absolute atomic E-state index is 0.199. The van der Waals surface area contributed by atoms with Gasteiger partial charge in [0.25, 0.3) is 0 Å². The molecule has 4 rings (SSSR count). The molecule has 2 aromatic carbocycles. The molecular formula is C29H37N3O3. The van der Waals surface area contributed by atoms with Crippen molar-refractivity contribution in [2.24, 2.45) is 5.92 Å². The van der Waals surface area contributed by atoms with Crippen LogP contribution in [0.15, 0.2) is 67.3 Å². The van der Waals surface area contributed by atoms with Gasteiger partial charge in [0.15, 0.2) is 0 Å². The molecule has 1 N–H and O–H groups in total. The predicted molar refractivity (Wildman–Crippen MR) is 140 cm³/mol. The average Bonchev–Trinajstić information content (AvgIpc) is 3.60. The normalized spacial score (nSPS) is 15.3. The zero-order valence-corrected chi connectivity index (χ0v) is 21.3. The zero-order valence-electron chi connectivity index (χ0n) is 21.3. The van der Waals surface area contributed by atoms with E-state index in [0.717, 1.165) is 35.0 Å². The molecule has 0 spiro atoms. The maximum absolute atomic E-state index is 10.8. The van der Waals surface area contributed by atoms with E-state index in [1.165, 1.54) is 12.8 Å². The van der Waals surface area contributed by atoms with Crippen LogP contribution in [0.5, 0.6) is 17.4 Å². The number of benzene rings is 2. The van der Waals surface area contributed by atoms with Gasteiger partial charge in [-0.05, 0) is 68.0 Å². The molecule has 0 saturated heterocycles. The van der Waals surface area contributed by atoms with Gasteiger partial charge in [-0.15, -0.1) is 6.58 Å². The molecule has 1 heterocycles. The van der Waals surface area contributed by atoms with Crippen molar-refractivity contribution < 1.29 is 14.6 Å². The van der Waals surface area contributed by atoms with Crippen LogP contribution in [0.3, 0.4) is 0 Å². The minimum Gasteiger partial charge on any atom is -0.497 e. The highest BCUT2D eigenvalue weighted by molar-refractivity contribution is 5.46.